The predicted molar refractivity (Wildman–Crippen MR) is 56.7 cm³/mol. The molecule has 1 aliphatic heterocycles. The van der Waals surface area contributed by atoms with Crippen LogP contribution in [0.25, 0.3) is 0 Å². The van der Waals surface area contributed by atoms with Gasteiger partial charge in [0, 0.05) is 0 Å². The minimum Gasteiger partial charge on any atom is -0.480 e. The van der Waals surface area contributed by atoms with Crippen molar-refractivity contribution in [2.45, 2.75) is 31.2 Å². The van der Waals surface area contributed by atoms with Gasteiger partial charge in [-0.3, -0.25) is 14.9 Å². The summed E-state index contributed by atoms with van der Waals surface area (Å²) in [5.74, 6) is -0.383. The van der Waals surface area contributed by atoms with Gasteiger partial charge in [-0.05, 0) is 19.1 Å². The van der Waals surface area contributed by atoms with Gasteiger partial charge in [-0.15, -0.1) is 11.8 Å². The zero-order valence-corrected chi connectivity index (χ0v) is 9.38. The fraction of sp³-hybridized carbons (Fsp3) is 0.778. The first-order valence-electron chi connectivity index (χ1n) is 4.89. The molecule has 1 aliphatic rings. The van der Waals surface area contributed by atoms with Gasteiger partial charge in [-0.2, -0.15) is 0 Å². The summed E-state index contributed by atoms with van der Waals surface area (Å²) in [6.07, 6.45) is 0.821. The molecule has 0 aromatic carbocycles. The monoisotopic (exact) mass is 233 g/mol. The molecule has 2 N–H and O–H groups in total. The number of carbonyl (C=O) groups excluding carboxylic acids is 1. The van der Waals surface area contributed by atoms with Crippen LogP contribution in [0.3, 0.4) is 0 Å². The number of esters is 1. The summed E-state index contributed by atoms with van der Waals surface area (Å²) >= 11 is 1.56. The number of aliphatic carboxylic acids is 1. The fourth-order valence-electron chi connectivity index (χ4n) is 1.37. The molecule has 0 bridgehead atoms. The molecule has 0 spiro atoms. The standard InChI is InChI=1S/C9H15NO4S/c1-2-14-8(11)5-7-10-6(9(12)13)3-4-15-7/h6-7,10H,2-5H2,1H3,(H,12,13). The van der Waals surface area contributed by atoms with Crippen LogP contribution in [0, 0.1) is 0 Å². The Bertz CT molecular complexity index is 246. The average Bonchev–Trinajstić information content (AvgIpc) is 2.18. The number of carbonyl (C=O) groups is 2. The van der Waals surface area contributed by atoms with E-state index < -0.39 is 12.0 Å². The van der Waals surface area contributed by atoms with Crippen LogP contribution in [0.5, 0.6) is 0 Å². The van der Waals surface area contributed by atoms with Crippen LogP contribution in [0.1, 0.15) is 19.8 Å². The molecular formula is C9H15NO4S. The Labute approximate surface area is 92.6 Å². The molecule has 0 amide bonds. The number of hydrogen-bond donors (Lipinski definition) is 2. The van der Waals surface area contributed by atoms with Crippen molar-refractivity contribution >= 4 is 23.7 Å². The molecule has 2 unspecified atom stereocenters. The number of ether oxygens (including phenoxy) is 1. The number of carboxylic acids is 1. The summed E-state index contributed by atoms with van der Waals surface area (Å²) in [6.45, 7) is 2.11. The highest BCUT2D eigenvalue weighted by Crippen LogP contribution is 2.21. The van der Waals surface area contributed by atoms with Gasteiger partial charge in [0.2, 0.25) is 0 Å². The molecule has 1 rings (SSSR count). The van der Waals surface area contributed by atoms with E-state index in [1.54, 1.807) is 18.7 Å². The highest BCUT2D eigenvalue weighted by molar-refractivity contribution is 7.99. The van der Waals surface area contributed by atoms with Crippen molar-refractivity contribution in [3.8, 4) is 0 Å². The topological polar surface area (TPSA) is 75.6 Å². The number of nitrogens with one attached hydrogen (secondary N) is 1. The first-order valence-corrected chi connectivity index (χ1v) is 5.94. The second kappa shape index (κ2) is 5.97. The van der Waals surface area contributed by atoms with Crippen molar-refractivity contribution in [1.82, 2.24) is 5.32 Å². The van der Waals surface area contributed by atoms with Crippen LogP contribution in [0.4, 0.5) is 0 Å². The minimum absolute atomic E-state index is 0.140. The maximum Gasteiger partial charge on any atom is 0.320 e. The van der Waals surface area contributed by atoms with Crippen molar-refractivity contribution in [2.24, 2.45) is 0 Å². The van der Waals surface area contributed by atoms with Crippen LogP contribution in [-0.2, 0) is 14.3 Å². The Morgan fingerprint density at radius 2 is 2.33 bits per heavy atom. The smallest absolute Gasteiger partial charge is 0.320 e. The van der Waals surface area contributed by atoms with E-state index in [1.807, 2.05) is 0 Å². The van der Waals surface area contributed by atoms with Gasteiger partial charge in [-0.25, -0.2) is 0 Å². The normalized spacial score (nSPS) is 25.9. The second-order valence-electron chi connectivity index (χ2n) is 3.21. The van der Waals surface area contributed by atoms with Gasteiger partial charge in [0.25, 0.3) is 0 Å². The van der Waals surface area contributed by atoms with E-state index in [9.17, 15) is 9.59 Å². The zero-order valence-electron chi connectivity index (χ0n) is 8.56. The van der Waals surface area contributed by atoms with Crippen molar-refractivity contribution < 1.29 is 19.4 Å². The average molecular weight is 233 g/mol. The van der Waals surface area contributed by atoms with Gasteiger partial charge in [0.15, 0.2) is 0 Å². The third kappa shape index (κ3) is 4.09. The first-order chi connectivity index (χ1) is 7.13. The lowest BCUT2D eigenvalue weighted by molar-refractivity contribution is -0.144. The highest BCUT2D eigenvalue weighted by Gasteiger charge is 2.27. The summed E-state index contributed by atoms with van der Waals surface area (Å²) in [5, 5.41) is 11.6. The summed E-state index contributed by atoms with van der Waals surface area (Å²) in [6, 6.07) is -0.536. The molecule has 0 saturated carbocycles. The maximum absolute atomic E-state index is 11.2. The van der Waals surface area contributed by atoms with Crippen LogP contribution in [-0.4, -0.2) is 40.8 Å². The number of rotatable bonds is 4. The van der Waals surface area contributed by atoms with Crippen molar-refractivity contribution in [2.75, 3.05) is 12.4 Å². The Hall–Kier alpha value is -0.750. The lowest BCUT2D eigenvalue weighted by Crippen LogP contribution is -2.46. The van der Waals surface area contributed by atoms with E-state index in [2.05, 4.69) is 5.32 Å². The minimum atomic E-state index is -0.857. The molecule has 15 heavy (non-hydrogen) atoms. The van der Waals surface area contributed by atoms with E-state index in [0.29, 0.717) is 13.0 Å². The van der Waals surface area contributed by atoms with Gasteiger partial charge in [-0.1, -0.05) is 0 Å². The number of carboxylic acid groups (broad SMARTS) is 1. The fourth-order valence-corrected chi connectivity index (χ4v) is 2.54. The molecule has 2 atom stereocenters. The Morgan fingerprint density at radius 1 is 1.60 bits per heavy atom. The van der Waals surface area contributed by atoms with Gasteiger partial charge in [0.05, 0.1) is 18.4 Å². The predicted octanol–water partition coefficient (Wildman–Crippen LogP) is 0.445. The van der Waals surface area contributed by atoms with E-state index in [-0.39, 0.29) is 17.8 Å². The van der Waals surface area contributed by atoms with Crippen LogP contribution >= 0.6 is 11.8 Å². The van der Waals surface area contributed by atoms with E-state index in [1.165, 1.54) is 0 Å². The van der Waals surface area contributed by atoms with Gasteiger partial charge >= 0.3 is 11.9 Å². The molecule has 6 heteroatoms. The lowest BCUT2D eigenvalue weighted by atomic mass is 10.2. The van der Waals surface area contributed by atoms with Gasteiger partial charge < -0.3 is 9.84 Å². The van der Waals surface area contributed by atoms with Gasteiger partial charge in [0.1, 0.15) is 6.04 Å². The molecule has 5 nitrogen and oxygen atoms in total. The summed E-state index contributed by atoms with van der Waals surface area (Å²) in [5.41, 5.74) is 0. The quantitative estimate of drug-likeness (QED) is 0.686. The third-order valence-corrected chi connectivity index (χ3v) is 3.24. The lowest BCUT2D eigenvalue weighted by Gasteiger charge is -2.27. The summed E-state index contributed by atoms with van der Waals surface area (Å²) in [4.78, 5) is 21.9. The summed E-state index contributed by atoms with van der Waals surface area (Å²) < 4.78 is 4.80. The van der Waals surface area contributed by atoms with Crippen LogP contribution in [0.15, 0.2) is 0 Å². The molecule has 1 fully saturated rings. The first kappa shape index (κ1) is 12.3. The largest absolute Gasteiger partial charge is 0.480 e. The van der Waals surface area contributed by atoms with Crippen LogP contribution in [0.2, 0.25) is 0 Å². The maximum atomic E-state index is 11.2. The molecular weight excluding hydrogens is 218 g/mol. The summed E-state index contributed by atoms with van der Waals surface area (Å²) in [7, 11) is 0. The van der Waals surface area contributed by atoms with Crippen molar-refractivity contribution in [3.63, 3.8) is 0 Å². The SMILES string of the molecule is CCOC(=O)CC1NC(C(=O)O)CCS1. The second-order valence-corrected chi connectivity index (χ2v) is 4.53. The Kier molecular flexibility index (Phi) is 4.90. The van der Waals surface area contributed by atoms with Crippen molar-refractivity contribution in [1.29, 1.82) is 0 Å². The molecule has 86 valence electrons. The van der Waals surface area contributed by atoms with E-state index >= 15 is 0 Å². The Balaban J connectivity index is 2.36. The molecule has 1 saturated heterocycles. The molecule has 0 aromatic heterocycles. The molecule has 0 radical (unpaired) electrons. The Morgan fingerprint density at radius 3 is 2.93 bits per heavy atom. The van der Waals surface area contributed by atoms with E-state index in [4.69, 9.17) is 9.84 Å². The highest BCUT2D eigenvalue weighted by atomic mass is 32.2. The van der Waals surface area contributed by atoms with E-state index in [0.717, 1.165) is 5.75 Å². The third-order valence-electron chi connectivity index (χ3n) is 2.07. The molecule has 1 heterocycles. The molecule has 0 aliphatic carbocycles. The number of thioether (sulfide) groups is 1. The van der Waals surface area contributed by atoms with Crippen LogP contribution < -0.4 is 5.32 Å². The zero-order chi connectivity index (χ0) is 11.3. The molecule has 0 aromatic rings. The van der Waals surface area contributed by atoms with Crippen molar-refractivity contribution in [3.05, 3.63) is 0 Å². The number of hydrogen-bond acceptors (Lipinski definition) is 5.